The number of hydrogen-bond acceptors (Lipinski definition) is 2. The van der Waals surface area contributed by atoms with Crippen LogP contribution in [0.3, 0.4) is 0 Å². The van der Waals surface area contributed by atoms with E-state index in [4.69, 9.17) is 4.74 Å². The Hall–Kier alpha value is -1.09. The Kier molecular flexibility index (Phi) is 4.30. The van der Waals surface area contributed by atoms with Crippen molar-refractivity contribution in [3.8, 4) is 5.75 Å². The molecule has 1 rings (SSSR count). The summed E-state index contributed by atoms with van der Waals surface area (Å²) in [6.45, 7) is 7.28. The first-order chi connectivity index (χ1) is 7.45. The van der Waals surface area contributed by atoms with Crippen molar-refractivity contribution >= 4 is 0 Å². The van der Waals surface area contributed by atoms with Crippen molar-refractivity contribution in [3.63, 3.8) is 0 Å². The summed E-state index contributed by atoms with van der Waals surface area (Å²) in [6, 6.07) is 5.07. The van der Waals surface area contributed by atoms with E-state index in [1.165, 1.54) is 6.07 Å². The molecule has 0 amide bonds. The maximum atomic E-state index is 13.8. The second kappa shape index (κ2) is 5.30. The monoisotopic (exact) mass is 225 g/mol. The van der Waals surface area contributed by atoms with Gasteiger partial charge in [0.1, 0.15) is 18.2 Å². The van der Waals surface area contributed by atoms with Crippen molar-refractivity contribution in [3.05, 3.63) is 29.6 Å². The van der Waals surface area contributed by atoms with Gasteiger partial charge in [-0.25, -0.2) is 4.39 Å². The van der Waals surface area contributed by atoms with Crippen molar-refractivity contribution in [1.82, 2.24) is 5.32 Å². The van der Waals surface area contributed by atoms with Crippen LogP contribution in [0.15, 0.2) is 18.2 Å². The van der Waals surface area contributed by atoms with Gasteiger partial charge in [0, 0.05) is 12.6 Å². The lowest BCUT2D eigenvalue weighted by molar-refractivity contribution is 0.316. The molecule has 0 saturated carbocycles. The van der Waals surface area contributed by atoms with Gasteiger partial charge in [0.05, 0.1) is 0 Å². The predicted octanol–water partition coefficient (Wildman–Crippen LogP) is 2.72. The van der Waals surface area contributed by atoms with Crippen LogP contribution in [0.2, 0.25) is 0 Å². The number of rotatable bonds is 4. The van der Waals surface area contributed by atoms with Crippen molar-refractivity contribution in [2.45, 2.75) is 26.2 Å². The third-order valence-corrected chi connectivity index (χ3v) is 2.37. The summed E-state index contributed by atoms with van der Waals surface area (Å²) in [5, 5.41) is 2.97. The number of hydrogen-bond donors (Lipinski definition) is 1. The van der Waals surface area contributed by atoms with Crippen LogP contribution in [0.5, 0.6) is 5.75 Å². The molecule has 2 nitrogen and oxygen atoms in total. The number of nitrogens with one attached hydrogen (secondary N) is 1. The van der Waals surface area contributed by atoms with E-state index in [9.17, 15) is 4.39 Å². The molecule has 1 aromatic carbocycles. The molecule has 90 valence electrons. The molecule has 0 aliphatic heterocycles. The first-order valence-corrected chi connectivity index (χ1v) is 5.52. The summed E-state index contributed by atoms with van der Waals surface area (Å²) in [6.07, 6.45) is 0. The van der Waals surface area contributed by atoms with Gasteiger partial charge in [-0.2, -0.15) is 0 Å². The molecule has 0 spiro atoms. The smallest absolute Gasteiger partial charge is 0.130 e. The zero-order valence-corrected chi connectivity index (χ0v) is 10.4. The average molecular weight is 225 g/mol. The molecule has 0 heterocycles. The topological polar surface area (TPSA) is 21.3 Å². The third-order valence-electron chi connectivity index (χ3n) is 2.37. The van der Waals surface area contributed by atoms with Crippen LogP contribution in [0.25, 0.3) is 0 Å². The van der Waals surface area contributed by atoms with Gasteiger partial charge in [-0.15, -0.1) is 0 Å². The standard InChI is InChI=1S/C13H20FNO/c1-13(2,3)11-6-5-10(9-12(11)14)16-8-7-15-4/h5-6,9,15H,7-8H2,1-4H3. The Labute approximate surface area is 96.8 Å². The lowest BCUT2D eigenvalue weighted by Gasteiger charge is -2.20. The quantitative estimate of drug-likeness (QED) is 0.795. The van der Waals surface area contributed by atoms with Crippen molar-refractivity contribution in [1.29, 1.82) is 0 Å². The molecule has 0 aliphatic carbocycles. The van der Waals surface area contributed by atoms with Crippen LogP contribution in [0.4, 0.5) is 4.39 Å². The van der Waals surface area contributed by atoms with E-state index >= 15 is 0 Å². The van der Waals surface area contributed by atoms with E-state index in [1.807, 2.05) is 33.9 Å². The van der Waals surface area contributed by atoms with Crippen LogP contribution >= 0.6 is 0 Å². The van der Waals surface area contributed by atoms with Crippen molar-refractivity contribution in [2.24, 2.45) is 0 Å². The maximum Gasteiger partial charge on any atom is 0.130 e. The summed E-state index contributed by atoms with van der Waals surface area (Å²) in [5.41, 5.74) is 0.543. The van der Waals surface area contributed by atoms with E-state index in [2.05, 4.69) is 5.32 Å². The highest BCUT2D eigenvalue weighted by Gasteiger charge is 2.18. The number of halogens is 1. The Morgan fingerprint density at radius 1 is 1.31 bits per heavy atom. The molecule has 0 atom stereocenters. The summed E-state index contributed by atoms with van der Waals surface area (Å²) in [5.74, 6) is 0.384. The van der Waals surface area contributed by atoms with Gasteiger partial charge >= 0.3 is 0 Å². The van der Waals surface area contributed by atoms with Gasteiger partial charge in [0.15, 0.2) is 0 Å². The zero-order chi connectivity index (χ0) is 12.2. The van der Waals surface area contributed by atoms with Crippen LogP contribution in [-0.2, 0) is 5.41 Å². The Morgan fingerprint density at radius 3 is 2.50 bits per heavy atom. The number of benzene rings is 1. The highest BCUT2D eigenvalue weighted by atomic mass is 19.1. The Bertz CT molecular complexity index is 344. The summed E-state index contributed by atoms with van der Waals surface area (Å²) < 4.78 is 19.2. The first-order valence-electron chi connectivity index (χ1n) is 5.52. The normalized spacial score (nSPS) is 11.6. The second-order valence-corrected chi connectivity index (χ2v) is 4.84. The van der Waals surface area contributed by atoms with Gasteiger partial charge in [0.2, 0.25) is 0 Å². The Balaban J connectivity index is 2.75. The highest BCUT2D eigenvalue weighted by molar-refractivity contribution is 5.32. The maximum absolute atomic E-state index is 13.8. The zero-order valence-electron chi connectivity index (χ0n) is 10.4. The Morgan fingerprint density at radius 2 is 2.00 bits per heavy atom. The minimum absolute atomic E-state index is 0.173. The van der Waals surface area contributed by atoms with E-state index in [-0.39, 0.29) is 11.2 Å². The van der Waals surface area contributed by atoms with Gasteiger partial charge in [-0.1, -0.05) is 26.8 Å². The molecule has 16 heavy (non-hydrogen) atoms. The molecular weight excluding hydrogens is 205 g/mol. The second-order valence-electron chi connectivity index (χ2n) is 4.84. The fraction of sp³-hybridized carbons (Fsp3) is 0.538. The molecule has 0 unspecified atom stereocenters. The summed E-state index contributed by atoms with van der Waals surface area (Å²) >= 11 is 0. The van der Waals surface area contributed by atoms with Crippen LogP contribution in [-0.4, -0.2) is 20.2 Å². The fourth-order valence-electron chi connectivity index (χ4n) is 1.46. The average Bonchev–Trinajstić information content (AvgIpc) is 2.16. The summed E-state index contributed by atoms with van der Waals surface area (Å²) in [4.78, 5) is 0. The van der Waals surface area contributed by atoms with E-state index < -0.39 is 0 Å². The molecule has 0 saturated heterocycles. The molecular formula is C13H20FNO. The van der Waals surface area contributed by atoms with E-state index in [0.29, 0.717) is 17.9 Å². The fourth-order valence-corrected chi connectivity index (χ4v) is 1.46. The summed E-state index contributed by atoms with van der Waals surface area (Å²) in [7, 11) is 1.85. The van der Waals surface area contributed by atoms with Crippen LogP contribution < -0.4 is 10.1 Å². The van der Waals surface area contributed by atoms with Gasteiger partial charge in [-0.05, 0) is 24.1 Å². The molecule has 1 aromatic rings. The molecule has 0 radical (unpaired) electrons. The largest absolute Gasteiger partial charge is 0.492 e. The van der Waals surface area contributed by atoms with Gasteiger partial charge in [-0.3, -0.25) is 0 Å². The lowest BCUT2D eigenvalue weighted by Crippen LogP contribution is -2.16. The SMILES string of the molecule is CNCCOc1ccc(C(C)(C)C)c(F)c1. The minimum atomic E-state index is -0.200. The molecule has 0 bridgehead atoms. The molecule has 3 heteroatoms. The molecule has 0 fully saturated rings. The van der Waals surface area contributed by atoms with E-state index in [0.717, 1.165) is 6.54 Å². The van der Waals surface area contributed by atoms with Crippen molar-refractivity contribution < 1.29 is 9.13 Å². The molecule has 0 aromatic heterocycles. The minimum Gasteiger partial charge on any atom is -0.492 e. The van der Waals surface area contributed by atoms with Crippen LogP contribution in [0, 0.1) is 5.82 Å². The molecule has 1 N–H and O–H groups in total. The van der Waals surface area contributed by atoms with Gasteiger partial charge in [0.25, 0.3) is 0 Å². The third kappa shape index (κ3) is 3.49. The molecule has 0 aliphatic rings. The van der Waals surface area contributed by atoms with E-state index in [1.54, 1.807) is 6.07 Å². The highest BCUT2D eigenvalue weighted by Crippen LogP contribution is 2.27. The number of ether oxygens (including phenoxy) is 1. The number of likely N-dealkylation sites (N-methyl/N-ethyl adjacent to an activating group) is 1. The first kappa shape index (κ1) is 13.0. The van der Waals surface area contributed by atoms with Crippen molar-refractivity contribution in [2.75, 3.05) is 20.2 Å². The van der Waals surface area contributed by atoms with Gasteiger partial charge < -0.3 is 10.1 Å². The lowest BCUT2D eigenvalue weighted by atomic mass is 9.87. The predicted molar refractivity (Wildman–Crippen MR) is 64.5 cm³/mol. The van der Waals surface area contributed by atoms with Crippen LogP contribution in [0.1, 0.15) is 26.3 Å².